The Balaban J connectivity index is 1.39. The lowest BCUT2D eigenvalue weighted by Crippen LogP contribution is -2.27. The van der Waals surface area contributed by atoms with Crippen molar-refractivity contribution in [3.8, 4) is 5.75 Å². The van der Waals surface area contributed by atoms with Gasteiger partial charge in [0.1, 0.15) is 16.6 Å². The van der Waals surface area contributed by atoms with Gasteiger partial charge < -0.3 is 15.2 Å². The van der Waals surface area contributed by atoms with Crippen LogP contribution in [0.25, 0.3) is 0 Å². The van der Waals surface area contributed by atoms with Crippen molar-refractivity contribution in [3.63, 3.8) is 0 Å². The number of carbonyl (C=O) groups excluding carboxylic acids is 2. The lowest BCUT2D eigenvalue weighted by atomic mass is 9.87. The van der Waals surface area contributed by atoms with Gasteiger partial charge in [-0.15, -0.1) is 0 Å². The number of nitrogens with zero attached hydrogens (tertiary/aromatic N) is 1. The van der Waals surface area contributed by atoms with Crippen LogP contribution < -0.4 is 10.1 Å². The molecular formula is C23H25ClN2O5. The molecule has 0 radical (unpaired) electrons. The highest BCUT2D eigenvalue weighted by Crippen LogP contribution is 2.28. The van der Waals surface area contributed by atoms with Crippen molar-refractivity contribution in [1.29, 1.82) is 0 Å². The van der Waals surface area contributed by atoms with E-state index in [1.54, 1.807) is 42.5 Å². The number of aromatic nitrogens is 1. The van der Waals surface area contributed by atoms with E-state index in [0.717, 1.165) is 0 Å². The van der Waals surface area contributed by atoms with Crippen LogP contribution in [0.3, 0.4) is 0 Å². The molecule has 1 aromatic heterocycles. The maximum Gasteiger partial charge on any atom is 0.306 e. The standard InChI is InChI=1S/C23H25ClN2O5/c24-21-5-1-3-19(26-21)22(28)25-14-2-4-20(27)15-6-10-17(11-7-15)31-18-12-8-16(9-13-18)23(29)30/h1,3,5-7,10-11,16,18H,2,4,8-9,12-14H2,(H,25,28)(H,29,30). The van der Waals surface area contributed by atoms with Gasteiger partial charge in [-0.3, -0.25) is 14.4 Å². The first kappa shape index (κ1) is 22.7. The van der Waals surface area contributed by atoms with E-state index in [4.69, 9.17) is 21.4 Å². The largest absolute Gasteiger partial charge is 0.490 e. The molecule has 1 saturated carbocycles. The number of Topliss-reactive ketones (excluding diaryl/α,β-unsaturated/α-hetero) is 1. The van der Waals surface area contributed by atoms with Crippen molar-refractivity contribution in [1.82, 2.24) is 10.3 Å². The predicted molar refractivity (Wildman–Crippen MR) is 116 cm³/mol. The molecule has 164 valence electrons. The number of ether oxygens (including phenoxy) is 1. The summed E-state index contributed by atoms with van der Waals surface area (Å²) < 4.78 is 5.93. The normalized spacial score (nSPS) is 18.2. The average Bonchev–Trinajstić information content (AvgIpc) is 2.77. The summed E-state index contributed by atoms with van der Waals surface area (Å²) in [7, 11) is 0. The Kier molecular flexibility index (Phi) is 8.00. The van der Waals surface area contributed by atoms with Gasteiger partial charge in [0.15, 0.2) is 5.78 Å². The minimum absolute atomic E-state index is 0.00903. The molecule has 1 amide bonds. The predicted octanol–water partition coefficient (Wildman–Crippen LogP) is 4.15. The van der Waals surface area contributed by atoms with Crippen molar-refractivity contribution in [2.24, 2.45) is 5.92 Å². The molecular weight excluding hydrogens is 420 g/mol. The Hall–Kier alpha value is -2.93. The number of benzene rings is 1. The number of aliphatic carboxylic acids is 1. The average molecular weight is 445 g/mol. The molecule has 0 aliphatic heterocycles. The molecule has 3 rings (SSSR count). The van der Waals surface area contributed by atoms with Gasteiger partial charge in [0.05, 0.1) is 12.0 Å². The number of carbonyl (C=O) groups is 3. The first-order valence-electron chi connectivity index (χ1n) is 10.4. The van der Waals surface area contributed by atoms with E-state index in [2.05, 4.69) is 10.3 Å². The second-order valence-electron chi connectivity index (χ2n) is 7.58. The van der Waals surface area contributed by atoms with E-state index < -0.39 is 5.97 Å². The van der Waals surface area contributed by atoms with Crippen LogP contribution in [0, 0.1) is 5.92 Å². The van der Waals surface area contributed by atoms with Gasteiger partial charge in [0.2, 0.25) is 0 Å². The minimum atomic E-state index is -0.734. The van der Waals surface area contributed by atoms with E-state index in [1.165, 1.54) is 0 Å². The molecule has 7 nitrogen and oxygen atoms in total. The lowest BCUT2D eigenvalue weighted by Gasteiger charge is -2.26. The Bertz CT molecular complexity index is 924. The molecule has 1 heterocycles. The topological polar surface area (TPSA) is 106 Å². The van der Waals surface area contributed by atoms with Crippen molar-refractivity contribution in [2.75, 3.05) is 6.54 Å². The van der Waals surface area contributed by atoms with Crippen molar-refractivity contribution in [2.45, 2.75) is 44.6 Å². The highest BCUT2D eigenvalue weighted by Gasteiger charge is 2.26. The first-order chi connectivity index (χ1) is 14.9. The number of hydrogen-bond donors (Lipinski definition) is 2. The Morgan fingerprint density at radius 2 is 1.77 bits per heavy atom. The Morgan fingerprint density at radius 1 is 1.06 bits per heavy atom. The number of carboxylic acids is 1. The number of nitrogens with one attached hydrogen (secondary N) is 1. The summed E-state index contributed by atoms with van der Waals surface area (Å²) in [5.74, 6) is -0.664. The number of halogens is 1. The van der Waals surface area contributed by atoms with Gasteiger partial charge in [-0.2, -0.15) is 0 Å². The van der Waals surface area contributed by atoms with Gasteiger partial charge in [-0.1, -0.05) is 17.7 Å². The molecule has 1 aliphatic rings. The number of pyridine rings is 1. The molecule has 0 saturated heterocycles. The zero-order valence-corrected chi connectivity index (χ0v) is 17.8. The third-order valence-corrected chi connectivity index (χ3v) is 5.53. The van der Waals surface area contributed by atoms with E-state index in [9.17, 15) is 14.4 Å². The number of hydrogen-bond acceptors (Lipinski definition) is 5. The van der Waals surface area contributed by atoms with Crippen LogP contribution in [0.15, 0.2) is 42.5 Å². The lowest BCUT2D eigenvalue weighted by molar-refractivity contribution is -0.143. The molecule has 1 aliphatic carbocycles. The minimum Gasteiger partial charge on any atom is -0.490 e. The second-order valence-corrected chi connectivity index (χ2v) is 7.97. The number of amides is 1. The van der Waals surface area contributed by atoms with E-state index in [1.807, 2.05) is 0 Å². The molecule has 31 heavy (non-hydrogen) atoms. The maximum atomic E-state index is 12.4. The summed E-state index contributed by atoms with van der Waals surface area (Å²) in [6, 6.07) is 11.8. The molecule has 2 aromatic rings. The fraction of sp³-hybridized carbons (Fsp3) is 0.391. The van der Waals surface area contributed by atoms with Crippen molar-refractivity contribution < 1.29 is 24.2 Å². The number of ketones is 1. The number of rotatable bonds is 9. The van der Waals surface area contributed by atoms with Gasteiger partial charge in [0.25, 0.3) is 5.91 Å². The molecule has 0 atom stereocenters. The first-order valence-corrected chi connectivity index (χ1v) is 10.7. The smallest absolute Gasteiger partial charge is 0.306 e. The molecule has 8 heteroatoms. The van der Waals surface area contributed by atoms with Gasteiger partial charge in [0, 0.05) is 18.5 Å². The molecule has 0 bridgehead atoms. The SMILES string of the molecule is O=C(CCCNC(=O)c1cccc(Cl)n1)c1ccc(OC2CCC(C(=O)O)CC2)cc1. The monoisotopic (exact) mass is 444 g/mol. The zero-order valence-electron chi connectivity index (χ0n) is 17.1. The van der Waals surface area contributed by atoms with Gasteiger partial charge in [-0.05, 0) is 68.5 Å². The van der Waals surface area contributed by atoms with Crippen molar-refractivity contribution in [3.05, 3.63) is 58.9 Å². The highest BCUT2D eigenvalue weighted by molar-refractivity contribution is 6.29. The second kappa shape index (κ2) is 10.9. The summed E-state index contributed by atoms with van der Waals surface area (Å²) >= 11 is 5.78. The van der Waals surface area contributed by atoms with Crippen LogP contribution in [-0.4, -0.2) is 40.4 Å². The van der Waals surface area contributed by atoms with Crippen LogP contribution >= 0.6 is 11.6 Å². The van der Waals surface area contributed by atoms with Gasteiger partial charge in [-0.25, -0.2) is 4.98 Å². The fourth-order valence-corrected chi connectivity index (χ4v) is 3.72. The third kappa shape index (κ3) is 6.79. The fourth-order valence-electron chi connectivity index (χ4n) is 3.56. The van der Waals surface area contributed by atoms with Crippen LogP contribution in [0.2, 0.25) is 5.15 Å². The van der Waals surface area contributed by atoms with Crippen molar-refractivity contribution >= 4 is 29.3 Å². The highest BCUT2D eigenvalue weighted by atomic mass is 35.5. The molecule has 1 fully saturated rings. The number of carboxylic acid groups (broad SMARTS) is 1. The molecule has 0 spiro atoms. The zero-order chi connectivity index (χ0) is 22.2. The van der Waals surface area contributed by atoms with Crippen LogP contribution in [-0.2, 0) is 4.79 Å². The quantitative estimate of drug-likeness (QED) is 0.342. The molecule has 0 unspecified atom stereocenters. The van der Waals surface area contributed by atoms with E-state index in [0.29, 0.717) is 56.4 Å². The Labute approximate surface area is 185 Å². The van der Waals surface area contributed by atoms with Gasteiger partial charge >= 0.3 is 5.97 Å². The van der Waals surface area contributed by atoms with Crippen LogP contribution in [0.5, 0.6) is 5.75 Å². The van der Waals surface area contributed by atoms with E-state index in [-0.39, 0.29) is 34.6 Å². The summed E-state index contributed by atoms with van der Waals surface area (Å²) in [6.45, 7) is 0.360. The third-order valence-electron chi connectivity index (χ3n) is 5.32. The maximum absolute atomic E-state index is 12.4. The molecule has 2 N–H and O–H groups in total. The van der Waals surface area contributed by atoms with E-state index >= 15 is 0 Å². The summed E-state index contributed by atoms with van der Waals surface area (Å²) in [4.78, 5) is 39.3. The summed E-state index contributed by atoms with van der Waals surface area (Å²) in [5, 5.41) is 12.0. The molecule has 1 aromatic carbocycles. The summed E-state index contributed by atoms with van der Waals surface area (Å²) in [5.41, 5.74) is 0.829. The Morgan fingerprint density at radius 3 is 2.42 bits per heavy atom. The van der Waals surface area contributed by atoms with Crippen LogP contribution in [0.1, 0.15) is 59.4 Å². The van der Waals surface area contributed by atoms with Crippen LogP contribution in [0.4, 0.5) is 0 Å². The summed E-state index contributed by atoms with van der Waals surface area (Å²) in [6.07, 6.45) is 3.51.